The lowest BCUT2D eigenvalue weighted by atomic mass is 9.75. The molecule has 0 aromatic carbocycles. The molecule has 1 N–H and O–H groups in total. The Morgan fingerprint density at radius 1 is 1.50 bits per heavy atom. The van der Waals surface area contributed by atoms with Gasteiger partial charge < -0.3 is 9.84 Å². The standard InChI is InChI=1S/C11H18O3/c1-4-11(5-14-6-11)8-7(9(12)13)10(8,2)3/h7-8H,4-6H2,1-3H3,(H,12,13)/t7-,8+/m1/s1. The summed E-state index contributed by atoms with van der Waals surface area (Å²) in [6.07, 6.45) is 1.03. The van der Waals surface area contributed by atoms with Gasteiger partial charge in [0.2, 0.25) is 0 Å². The maximum absolute atomic E-state index is 11.0. The molecule has 3 nitrogen and oxygen atoms in total. The fourth-order valence-corrected chi connectivity index (χ4v) is 3.21. The van der Waals surface area contributed by atoms with Crippen molar-refractivity contribution in [2.24, 2.45) is 22.7 Å². The zero-order valence-electron chi connectivity index (χ0n) is 9.04. The normalized spacial score (nSPS) is 37.4. The topological polar surface area (TPSA) is 46.5 Å². The lowest BCUT2D eigenvalue weighted by molar-refractivity contribution is -0.147. The number of carbonyl (C=O) groups is 1. The van der Waals surface area contributed by atoms with Crippen LogP contribution in [-0.4, -0.2) is 24.3 Å². The van der Waals surface area contributed by atoms with Gasteiger partial charge in [-0.1, -0.05) is 20.8 Å². The Balaban J connectivity index is 2.17. The Morgan fingerprint density at radius 3 is 2.29 bits per heavy atom. The van der Waals surface area contributed by atoms with Crippen LogP contribution < -0.4 is 0 Å². The van der Waals surface area contributed by atoms with Crippen molar-refractivity contribution >= 4 is 5.97 Å². The molecule has 2 fully saturated rings. The Kier molecular flexibility index (Phi) is 1.94. The van der Waals surface area contributed by atoms with Crippen LogP contribution in [0.5, 0.6) is 0 Å². The summed E-state index contributed by atoms with van der Waals surface area (Å²) in [6, 6.07) is 0. The van der Waals surface area contributed by atoms with E-state index in [0.29, 0.717) is 5.92 Å². The van der Waals surface area contributed by atoms with Crippen molar-refractivity contribution in [3.8, 4) is 0 Å². The van der Waals surface area contributed by atoms with E-state index in [0.717, 1.165) is 19.6 Å². The van der Waals surface area contributed by atoms with E-state index in [1.54, 1.807) is 0 Å². The van der Waals surface area contributed by atoms with Crippen molar-refractivity contribution in [2.75, 3.05) is 13.2 Å². The predicted octanol–water partition coefficient (Wildman–Crippen LogP) is 1.77. The zero-order valence-corrected chi connectivity index (χ0v) is 9.04. The van der Waals surface area contributed by atoms with Gasteiger partial charge >= 0.3 is 5.97 Å². The van der Waals surface area contributed by atoms with E-state index in [1.807, 2.05) is 0 Å². The van der Waals surface area contributed by atoms with E-state index >= 15 is 0 Å². The average Bonchev–Trinajstić information content (AvgIpc) is 2.54. The first kappa shape index (κ1) is 9.97. The number of carboxylic acid groups (broad SMARTS) is 1. The molecule has 1 aliphatic carbocycles. The van der Waals surface area contributed by atoms with Gasteiger partial charge in [-0.05, 0) is 17.8 Å². The van der Waals surface area contributed by atoms with E-state index in [2.05, 4.69) is 20.8 Å². The van der Waals surface area contributed by atoms with Gasteiger partial charge in [0.1, 0.15) is 0 Å². The SMILES string of the molecule is CCC1([C@H]2[C@H](C(=O)O)C2(C)C)COC1. The number of aliphatic carboxylic acids is 1. The highest BCUT2D eigenvalue weighted by Gasteiger charge is 2.70. The highest BCUT2D eigenvalue weighted by Crippen LogP contribution is 2.68. The van der Waals surface area contributed by atoms with E-state index in [4.69, 9.17) is 9.84 Å². The van der Waals surface area contributed by atoms with Gasteiger partial charge in [-0.2, -0.15) is 0 Å². The molecule has 0 bridgehead atoms. The second-order valence-electron chi connectivity index (χ2n) is 5.32. The molecule has 0 aromatic heterocycles. The predicted molar refractivity (Wildman–Crippen MR) is 51.9 cm³/mol. The van der Waals surface area contributed by atoms with Crippen LogP contribution in [0.3, 0.4) is 0 Å². The van der Waals surface area contributed by atoms with Gasteiger partial charge in [0.15, 0.2) is 0 Å². The largest absolute Gasteiger partial charge is 0.481 e. The number of rotatable bonds is 3. The molecule has 0 spiro atoms. The van der Waals surface area contributed by atoms with E-state index < -0.39 is 5.97 Å². The highest BCUT2D eigenvalue weighted by molar-refractivity contribution is 5.75. The Bertz CT molecular complexity index is 260. The molecule has 80 valence electrons. The third-order valence-corrected chi connectivity index (χ3v) is 4.24. The molecule has 1 saturated heterocycles. The molecule has 14 heavy (non-hydrogen) atoms. The second kappa shape index (κ2) is 2.72. The van der Waals surface area contributed by atoms with Crippen molar-refractivity contribution in [1.29, 1.82) is 0 Å². The zero-order chi connectivity index (χ0) is 10.6. The summed E-state index contributed by atoms with van der Waals surface area (Å²) in [7, 11) is 0. The number of hydrogen-bond acceptors (Lipinski definition) is 2. The van der Waals surface area contributed by atoms with Gasteiger partial charge in [-0.3, -0.25) is 4.79 Å². The minimum Gasteiger partial charge on any atom is -0.481 e. The number of hydrogen-bond donors (Lipinski definition) is 1. The molecule has 2 rings (SSSR count). The minimum absolute atomic E-state index is 0.0361. The summed E-state index contributed by atoms with van der Waals surface area (Å²) >= 11 is 0. The minimum atomic E-state index is -0.639. The van der Waals surface area contributed by atoms with E-state index in [9.17, 15) is 4.79 Å². The van der Waals surface area contributed by atoms with Crippen LogP contribution in [0.1, 0.15) is 27.2 Å². The van der Waals surface area contributed by atoms with Crippen LogP contribution in [0.2, 0.25) is 0 Å². The van der Waals surface area contributed by atoms with Crippen molar-refractivity contribution in [2.45, 2.75) is 27.2 Å². The van der Waals surface area contributed by atoms with Gasteiger partial charge in [0.05, 0.1) is 19.1 Å². The molecule has 0 aromatic rings. The van der Waals surface area contributed by atoms with Crippen molar-refractivity contribution in [3.05, 3.63) is 0 Å². The Morgan fingerprint density at radius 2 is 2.07 bits per heavy atom. The number of ether oxygens (including phenoxy) is 1. The molecular weight excluding hydrogens is 180 g/mol. The van der Waals surface area contributed by atoms with Gasteiger partial charge in [-0.15, -0.1) is 0 Å². The van der Waals surface area contributed by atoms with Crippen molar-refractivity contribution < 1.29 is 14.6 Å². The van der Waals surface area contributed by atoms with Crippen LogP contribution >= 0.6 is 0 Å². The fourth-order valence-electron chi connectivity index (χ4n) is 3.21. The molecule has 0 amide bonds. The van der Waals surface area contributed by atoms with Gasteiger partial charge in [0, 0.05) is 5.41 Å². The summed E-state index contributed by atoms with van der Waals surface area (Å²) in [6.45, 7) is 7.76. The Labute approximate surface area is 84.4 Å². The summed E-state index contributed by atoms with van der Waals surface area (Å²) in [5.41, 5.74) is 0.123. The summed E-state index contributed by atoms with van der Waals surface area (Å²) < 4.78 is 5.26. The first-order valence-corrected chi connectivity index (χ1v) is 5.26. The lowest BCUT2D eigenvalue weighted by Gasteiger charge is -2.42. The quantitative estimate of drug-likeness (QED) is 0.751. The molecule has 3 heteroatoms. The smallest absolute Gasteiger partial charge is 0.307 e. The highest BCUT2D eigenvalue weighted by atomic mass is 16.5. The van der Waals surface area contributed by atoms with Gasteiger partial charge in [0.25, 0.3) is 0 Å². The summed E-state index contributed by atoms with van der Waals surface area (Å²) in [4.78, 5) is 11.0. The molecule has 0 unspecified atom stereocenters. The second-order valence-corrected chi connectivity index (χ2v) is 5.32. The number of carboxylic acids is 1. The molecule has 1 aliphatic heterocycles. The van der Waals surface area contributed by atoms with Crippen LogP contribution in [0, 0.1) is 22.7 Å². The average molecular weight is 198 g/mol. The molecule has 1 heterocycles. The van der Waals surface area contributed by atoms with E-state index in [1.165, 1.54) is 0 Å². The van der Waals surface area contributed by atoms with Crippen molar-refractivity contribution in [3.63, 3.8) is 0 Å². The molecule has 2 atom stereocenters. The van der Waals surface area contributed by atoms with Crippen LogP contribution in [0.25, 0.3) is 0 Å². The lowest BCUT2D eigenvalue weighted by Crippen LogP contribution is -2.45. The molecule has 1 saturated carbocycles. The third-order valence-electron chi connectivity index (χ3n) is 4.24. The van der Waals surface area contributed by atoms with E-state index in [-0.39, 0.29) is 16.7 Å². The fraction of sp³-hybridized carbons (Fsp3) is 0.909. The monoisotopic (exact) mass is 198 g/mol. The molecular formula is C11H18O3. The third kappa shape index (κ3) is 1.05. The van der Waals surface area contributed by atoms with Crippen molar-refractivity contribution in [1.82, 2.24) is 0 Å². The first-order chi connectivity index (χ1) is 6.46. The van der Waals surface area contributed by atoms with Crippen LogP contribution in [0.4, 0.5) is 0 Å². The molecule has 2 aliphatic rings. The van der Waals surface area contributed by atoms with Crippen LogP contribution in [-0.2, 0) is 9.53 Å². The maximum Gasteiger partial charge on any atom is 0.307 e. The summed E-state index contributed by atoms with van der Waals surface area (Å²) in [5, 5.41) is 9.10. The van der Waals surface area contributed by atoms with Crippen LogP contribution in [0.15, 0.2) is 0 Å². The first-order valence-electron chi connectivity index (χ1n) is 5.26. The molecule has 0 radical (unpaired) electrons. The summed E-state index contributed by atoms with van der Waals surface area (Å²) in [5.74, 6) is -0.489. The Hall–Kier alpha value is -0.570. The van der Waals surface area contributed by atoms with Gasteiger partial charge in [-0.25, -0.2) is 0 Å². The maximum atomic E-state index is 11.0.